The van der Waals surface area contributed by atoms with Gasteiger partial charge in [0.05, 0.1) is 6.10 Å². The lowest BCUT2D eigenvalue weighted by Crippen LogP contribution is -2.55. The highest BCUT2D eigenvalue weighted by molar-refractivity contribution is 6.30. The van der Waals surface area contributed by atoms with Gasteiger partial charge in [0, 0.05) is 11.6 Å². The molecule has 0 aliphatic carbocycles. The summed E-state index contributed by atoms with van der Waals surface area (Å²) in [4.78, 5) is 15.5. The van der Waals surface area contributed by atoms with Gasteiger partial charge in [0.2, 0.25) is 0 Å². The lowest BCUT2D eigenvalue weighted by Gasteiger charge is -2.27. The van der Waals surface area contributed by atoms with E-state index < -0.39 is 35.8 Å². The highest BCUT2D eigenvalue weighted by Gasteiger charge is 2.55. The third kappa shape index (κ3) is 2.62. The zero-order valence-electron chi connectivity index (χ0n) is 11.1. The molecule has 2 rings (SSSR count). The summed E-state index contributed by atoms with van der Waals surface area (Å²) in [6.07, 6.45) is -3.24. The molecule has 1 aliphatic rings. The number of nitrogens with two attached hydrogens (primary N) is 2. The van der Waals surface area contributed by atoms with E-state index >= 15 is 0 Å². The van der Waals surface area contributed by atoms with Crippen LogP contribution in [-0.2, 0) is 4.74 Å². The van der Waals surface area contributed by atoms with Crippen molar-refractivity contribution in [2.75, 3.05) is 5.73 Å². The zero-order valence-corrected chi connectivity index (χ0v) is 11.9. The minimum absolute atomic E-state index is 0.0351. The van der Waals surface area contributed by atoms with E-state index in [9.17, 15) is 15.0 Å². The number of nitrogen functional groups attached to an aromatic ring is 1. The van der Waals surface area contributed by atoms with Crippen LogP contribution >= 0.6 is 11.6 Å². The summed E-state index contributed by atoms with van der Waals surface area (Å²) in [5, 5.41) is 22.0. The predicted molar refractivity (Wildman–Crippen MR) is 75.1 cm³/mol. The van der Waals surface area contributed by atoms with E-state index in [0.717, 1.165) is 4.57 Å². The van der Waals surface area contributed by atoms with Gasteiger partial charge in [-0.1, -0.05) is 5.92 Å². The Labute approximate surface area is 125 Å². The third-order valence-electron chi connectivity index (χ3n) is 3.34. The fraction of sp³-hybridized carbons (Fsp3) is 0.500. The molecule has 8 nitrogen and oxygen atoms in total. The molecule has 1 aromatic heterocycles. The molecule has 21 heavy (non-hydrogen) atoms. The molecule has 0 aromatic carbocycles. The minimum Gasteiger partial charge on any atom is -0.391 e. The molecule has 0 spiro atoms. The van der Waals surface area contributed by atoms with Crippen molar-refractivity contribution >= 4 is 17.4 Å². The van der Waals surface area contributed by atoms with E-state index in [4.69, 9.17) is 27.8 Å². The van der Waals surface area contributed by atoms with E-state index in [2.05, 4.69) is 16.3 Å². The van der Waals surface area contributed by atoms with Crippen molar-refractivity contribution in [2.45, 2.75) is 37.0 Å². The maximum absolute atomic E-state index is 11.9. The number of aromatic nitrogens is 2. The fourth-order valence-electron chi connectivity index (χ4n) is 2.25. The van der Waals surface area contributed by atoms with E-state index in [1.165, 1.54) is 19.2 Å². The summed E-state index contributed by atoms with van der Waals surface area (Å²) in [7, 11) is 0. The molecule has 1 aliphatic heterocycles. The van der Waals surface area contributed by atoms with Crippen LogP contribution in [0.5, 0.6) is 0 Å². The maximum Gasteiger partial charge on any atom is 0.351 e. The monoisotopic (exact) mass is 314 g/mol. The quantitative estimate of drug-likeness (QED) is 0.481. The van der Waals surface area contributed by atoms with Gasteiger partial charge in [-0.25, -0.2) is 4.79 Å². The molecule has 0 saturated carbocycles. The molecule has 114 valence electrons. The molecule has 0 bridgehead atoms. The van der Waals surface area contributed by atoms with E-state index in [-0.39, 0.29) is 5.82 Å². The topological polar surface area (TPSA) is 137 Å². The van der Waals surface area contributed by atoms with Gasteiger partial charge in [0.1, 0.15) is 18.0 Å². The number of anilines is 1. The van der Waals surface area contributed by atoms with E-state index in [0.29, 0.717) is 0 Å². The van der Waals surface area contributed by atoms with E-state index in [1.807, 2.05) is 0 Å². The second kappa shape index (κ2) is 5.63. The number of ether oxygens (including phenoxy) is 1. The fourth-order valence-corrected chi connectivity index (χ4v) is 2.41. The van der Waals surface area contributed by atoms with Crippen molar-refractivity contribution < 1.29 is 14.9 Å². The molecule has 1 saturated heterocycles. The molecule has 0 radical (unpaired) electrons. The number of hydrogen-bond donors (Lipinski definition) is 4. The summed E-state index contributed by atoms with van der Waals surface area (Å²) in [6.45, 7) is 1.43. The Balaban J connectivity index is 2.54. The molecule has 1 fully saturated rings. The van der Waals surface area contributed by atoms with Crippen molar-refractivity contribution in [3.05, 3.63) is 22.7 Å². The number of nitrogens with zero attached hydrogens (tertiary/aromatic N) is 2. The van der Waals surface area contributed by atoms with Gasteiger partial charge < -0.3 is 26.4 Å². The lowest BCUT2D eigenvalue weighted by molar-refractivity contribution is -0.0778. The zero-order chi connectivity index (χ0) is 15.8. The van der Waals surface area contributed by atoms with Gasteiger partial charge in [-0.2, -0.15) is 4.98 Å². The lowest BCUT2D eigenvalue weighted by atomic mass is 9.90. The third-order valence-corrected chi connectivity index (χ3v) is 3.43. The van der Waals surface area contributed by atoms with Crippen LogP contribution in [0.1, 0.15) is 13.2 Å². The number of aliphatic hydroxyl groups excluding tert-OH is 2. The second-order valence-electron chi connectivity index (χ2n) is 4.83. The van der Waals surface area contributed by atoms with Gasteiger partial charge in [-0.05, 0) is 24.6 Å². The van der Waals surface area contributed by atoms with Crippen molar-refractivity contribution in [1.29, 1.82) is 0 Å². The first-order valence-electron chi connectivity index (χ1n) is 6.09. The van der Waals surface area contributed by atoms with Crippen LogP contribution in [0.4, 0.5) is 5.82 Å². The van der Waals surface area contributed by atoms with Crippen LogP contribution in [0.15, 0.2) is 17.1 Å². The number of halogens is 1. The van der Waals surface area contributed by atoms with Gasteiger partial charge in [-0.3, -0.25) is 4.57 Å². The van der Waals surface area contributed by atoms with Gasteiger partial charge >= 0.3 is 5.69 Å². The van der Waals surface area contributed by atoms with Gasteiger partial charge in [0.25, 0.3) is 0 Å². The molecular formula is C12H15ClN4O4. The molecule has 1 unspecified atom stereocenters. The molecule has 2 heterocycles. The van der Waals surface area contributed by atoms with Crippen LogP contribution in [-0.4, -0.2) is 43.6 Å². The average molecular weight is 315 g/mol. The largest absolute Gasteiger partial charge is 0.391 e. The summed E-state index contributed by atoms with van der Waals surface area (Å²) in [6, 6.07) is 1.38. The molecule has 5 atom stereocenters. The highest BCUT2D eigenvalue weighted by atomic mass is 35.5. The first-order valence-corrected chi connectivity index (χ1v) is 6.47. The summed E-state index contributed by atoms with van der Waals surface area (Å²) < 4.78 is 6.55. The normalized spacial score (nSPS) is 33.3. The number of aliphatic hydroxyl groups is 2. The van der Waals surface area contributed by atoms with Crippen LogP contribution < -0.4 is 17.2 Å². The Kier molecular flexibility index (Phi) is 4.22. The Hall–Kier alpha value is -1.63. The number of rotatable bonds is 2. The summed E-state index contributed by atoms with van der Waals surface area (Å²) in [5.74, 6) is 2.47. The van der Waals surface area contributed by atoms with Crippen LogP contribution in [0.25, 0.3) is 0 Å². The summed E-state index contributed by atoms with van der Waals surface area (Å²) in [5.41, 5.74) is 9.09. The van der Waals surface area contributed by atoms with Crippen molar-refractivity contribution in [2.24, 2.45) is 5.73 Å². The first-order chi connectivity index (χ1) is 9.81. The second-order valence-corrected chi connectivity index (χ2v) is 5.02. The van der Waals surface area contributed by atoms with Crippen molar-refractivity contribution in [1.82, 2.24) is 9.55 Å². The molecule has 6 N–H and O–H groups in total. The highest BCUT2D eigenvalue weighted by Crippen LogP contribution is 2.37. The van der Waals surface area contributed by atoms with Crippen LogP contribution in [0, 0.1) is 11.3 Å². The van der Waals surface area contributed by atoms with Crippen molar-refractivity contribution in [3.8, 4) is 11.3 Å². The molecule has 0 amide bonds. The van der Waals surface area contributed by atoms with Gasteiger partial charge in [0.15, 0.2) is 11.8 Å². The Morgan fingerprint density at radius 1 is 1.67 bits per heavy atom. The average Bonchev–Trinajstić information content (AvgIpc) is 2.64. The Morgan fingerprint density at radius 2 is 2.33 bits per heavy atom. The SMILES string of the molecule is C[C@H](O)[C@H]1O[C@@H](n2ccc(N)nc2=O)[C@@](N)(C#CCl)C1O. The van der Waals surface area contributed by atoms with E-state index in [1.54, 1.807) is 0 Å². The summed E-state index contributed by atoms with van der Waals surface area (Å²) >= 11 is 5.39. The minimum atomic E-state index is -1.68. The molecule has 9 heteroatoms. The Morgan fingerprint density at radius 3 is 2.86 bits per heavy atom. The van der Waals surface area contributed by atoms with Gasteiger partial charge in [-0.15, -0.1) is 0 Å². The smallest absolute Gasteiger partial charge is 0.351 e. The predicted octanol–water partition coefficient (Wildman–Crippen LogP) is -1.64. The molecular weight excluding hydrogens is 300 g/mol. The Bertz CT molecular complexity index is 653. The maximum atomic E-state index is 11.9. The first kappa shape index (κ1) is 15.8. The van der Waals surface area contributed by atoms with Crippen LogP contribution in [0.3, 0.4) is 0 Å². The molecule has 1 aromatic rings. The van der Waals surface area contributed by atoms with Crippen LogP contribution in [0.2, 0.25) is 0 Å². The standard InChI is InChI=1S/C12H15ClN4O4/c1-6(18)8-9(19)12(15,3-4-13)10(21-8)17-5-2-7(14)16-11(17)20/h2,5-6,8-10,18-19H,15H2,1H3,(H2,14,16,20)/t6-,8+,9?,10+,12+/m0/s1. The van der Waals surface area contributed by atoms with Crippen molar-refractivity contribution in [3.63, 3.8) is 0 Å². The number of hydrogen-bond acceptors (Lipinski definition) is 7.